The second kappa shape index (κ2) is 5.44. The molecule has 0 aliphatic rings. The van der Waals surface area contributed by atoms with Gasteiger partial charge in [-0.15, -0.1) is 0 Å². The minimum Gasteiger partial charge on any atom is -0.481 e. The van der Waals surface area contributed by atoms with Crippen molar-refractivity contribution in [2.45, 2.75) is 6.42 Å². The molecule has 0 saturated heterocycles. The molecule has 2 aromatic carbocycles. The average Bonchev–Trinajstić information content (AvgIpc) is 2.39. The number of carbonyl (C=O) groups excluding carboxylic acids is 1. The van der Waals surface area contributed by atoms with Gasteiger partial charge in [0, 0.05) is 5.56 Å². The molecule has 0 aliphatic heterocycles. The van der Waals surface area contributed by atoms with E-state index in [4.69, 9.17) is 5.11 Å². The molecule has 4 heteroatoms. The lowest BCUT2D eigenvalue weighted by molar-refractivity contribution is -0.136. The molecule has 0 atom stereocenters. The molecule has 0 unspecified atom stereocenters. The summed E-state index contributed by atoms with van der Waals surface area (Å²) in [4.78, 5) is 22.6. The van der Waals surface area contributed by atoms with E-state index in [0.29, 0.717) is 11.1 Å². The summed E-state index contributed by atoms with van der Waals surface area (Å²) < 4.78 is 13.5. The fourth-order valence-corrected chi connectivity index (χ4v) is 1.75. The van der Waals surface area contributed by atoms with Crippen LogP contribution in [0.4, 0.5) is 4.39 Å². The zero-order valence-electron chi connectivity index (χ0n) is 9.97. The van der Waals surface area contributed by atoms with E-state index >= 15 is 0 Å². The molecule has 1 N–H and O–H groups in total. The molecule has 0 aromatic heterocycles. The van der Waals surface area contributed by atoms with Crippen molar-refractivity contribution in [1.29, 1.82) is 0 Å². The lowest BCUT2D eigenvalue weighted by Gasteiger charge is -2.03. The second-order valence-corrected chi connectivity index (χ2v) is 4.08. The highest BCUT2D eigenvalue weighted by Crippen LogP contribution is 2.14. The molecule has 0 fully saturated rings. The van der Waals surface area contributed by atoms with Gasteiger partial charge in [0.05, 0.1) is 12.0 Å². The van der Waals surface area contributed by atoms with Gasteiger partial charge in [-0.2, -0.15) is 0 Å². The van der Waals surface area contributed by atoms with Crippen molar-refractivity contribution in [3.63, 3.8) is 0 Å². The summed E-state index contributed by atoms with van der Waals surface area (Å²) in [6.45, 7) is 0. The minimum absolute atomic E-state index is 0.00786. The summed E-state index contributed by atoms with van der Waals surface area (Å²) in [5.74, 6) is -1.92. The van der Waals surface area contributed by atoms with Crippen molar-refractivity contribution in [2.24, 2.45) is 0 Å². The molecule has 0 heterocycles. The van der Waals surface area contributed by atoms with Gasteiger partial charge in [0.15, 0.2) is 5.78 Å². The number of hydrogen-bond acceptors (Lipinski definition) is 2. The number of carboxylic acids is 1. The van der Waals surface area contributed by atoms with Gasteiger partial charge < -0.3 is 5.11 Å². The number of carboxylic acid groups (broad SMARTS) is 1. The first-order valence-corrected chi connectivity index (χ1v) is 5.68. The molecular weight excluding hydrogens is 247 g/mol. The monoisotopic (exact) mass is 258 g/mol. The maximum Gasteiger partial charge on any atom is 0.307 e. The van der Waals surface area contributed by atoms with E-state index in [-0.39, 0.29) is 12.0 Å². The predicted octanol–water partition coefficient (Wildman–Crippen LogP) is 2.68. The Morgan fingerprint density at radius 1 is 1.00 bits per heavy atom. The highest BCUT2D eigenvalue weighted by Gasteiger charge is 2.13. The molecule has 0 saturated carbocycles. The Bertz CT molecular complexity index is 618. The van der Waals surface area contributed by atoms with Crippen LogP contribution in [0.25, 0.3) is 0 Å². The van der Waals surface area contributed by atoms with Crippen LogP contribution in [0, 0.1) is 5.82 Å². The first-order chi connectivity index (χ1) is 9.08. The van der Waals surface area contributed by atoms with Crippen LogP contribution in [-0.2, 0) is 11.2 Å². The van der Waals surface area contributed by atoms with Gasteiger partial charge in [0.25, 0.3) is 0 Å². The van der Waals surface area contributed by atoms with E-state index < -0.39 is 17.6 Å². The van der Waals surface area contributed by atoms with Crippen molar-refractivity contribution in [2.75, 3.05) is 0 Å². The Morgan fingerprint density at radius 3 is 2.21 bits per heavy atom. The number of aliphatic carboxylic acids is 1. The Labute approximate surface area is 109 Å². The zero-order chi connectivity index (χ0) is 13.8. The summed E-state index contributed by atoms with van der Waals surface area (Å²) in [5.41, 5.74) is 0.935. The van der Waals surface area contributed by atoms with Gasteiger partial charge in [-0.05, 0) is 17.7 Å². The van der Waals surface area contributed by atoms with Gasteiger partial charge in [-0.25, -0.2) is 4.39 Å². The number of benzene rings is 2. The standard InChI is InChI=1S/C15H11FO3/c16-13-4-2-1-3-12(13)15(19)11-7-5-10(6-8-11)9-14(17)18/h1-8H,9H2,(H,17,18). The van der Waals surface area contributed by atoms with Crippen LogP contribution < -0.4 is 0 Å². The Hall–Kier alpha value is -2.49. The van der Waals surface area contributed by atoms with E-state index in [2.05, 4.69) is 0 Å². The molecule has 0 bridgehead atoms. The first kappa shape index (κ1) is 13.0. The molecule has 0 radical (unpaired) electrons. The molecule has 0 spiro atoms. The Balaban J connectivity index is 2.25. The smallest absolute Gasteiger partial charge is 0.307 e. The largest absolute Gasteiger partial charge is 0.481 e. The Kier molecular flexibility index (Phi) is 3.71. The SMILES string of the molecule is O=C(O)Cc1ccc(C(=O)c2ccccc2F)cc1. The van der Waals surface area contributed by atoms with Crippen LogP contribution >= 0.6 is 0 Å². The van der Waals surface area contributed by atoms with Crippen molar-refractivity contribution in [1.82, 2.24) is 0 Å². The van der Waals surface area contributed by atoms with Gasteiger partial charge >= 0.3 is 5.97 Å². The third-order valence-electron chi connectivity index (χ3n) is 2.69. The van der Waals surface area contributed by atoms with Crippen LogP contribution in [0.2, 0.25) is 0 Å². The predicted molar refractivity (Wildman–Crippen MR) is 67.6 cm³/mol. The molecule has 3 nitrogen and oxygen atoms in total. The quantitative estimate of drug-likeness (QED) is 0.858. The number of ketones is 1. The molecule has 0 amide bonds. The van der Waals surface area contributed by atoms with E-state index in [0.717, 1.165) is 0 Å². The fraction of sp³-hybridized carbons (Fsp3) is 0.0667. The van der Waals surface area contributed by atoms with E-state index in [1.807, 2.05) is 0 Å². The summed E-state index contributed by atoms with van der Waals surface area (Å²) >= 11 is 0. The normalized spacial score (nSPS) is 10.2. The van der Waals surface area contributed by atoms with E-state index in [9.17, 15) is 14.0 Å². The number of halogens is 1. The highest BCUT2D eigenvalue weighted by atomic mass is 19.1. The van der Waals surface area contributed by atoms with Crippen molar-refractivity contribution < 1.29 is 19.1 Å². The van der Waals surface area contributed by atoms with Crippen molar-refractivity contribution >= 4 is 11.8 Å². The van der Waals surface area contributed by atoms with Crippen molar-refractivity contribution in [3.8, 4) is 0 Å². The van der Waals surface area contributed by atoms with Crippen LogP contribution in [-0.4, -0.2) is 16.9 Å². The maximum atomic E-state index is 13.5. The average molecular weight is 258 g/mol. The third-order valence-corrected chi connectivity index (χ3v) is 2.69. The molecule has 19 heavy (non-hydrogen) atoms. The van der Waals surface area contributed by atoms with E-state index in [1.54, 1.807) is 18.2 Å². The Morgan fingerprint density at radius 2 is 1.63 bits per heavy atom. The molecular formula is C15H11FO3. The minimum atomic E-state index is -0.937. The highest BCUT2D eigenvalue weighted by molar-refractivity contribution is 6.09. The van der Waals surface area contributed by atoms with Gasteiger partial charge in [-0.3, -0.25) is 9.59 Å². The summed E-state index contributed by atoms with van der Waals surface area (Å²) in [5, 5.41) is 8.64. The summed E-state index contributed by atoms with van der Waals surface area (Å²) in [6, 6.07) is 11.9. The second-order valence-electron chi connectivity index (χ2n) is 4.08. The van der Waals surface area contributed by atoms with Crippen molar-refractivity contribution in [3.05, 3.63) is 71.0 Å². The lowest BCUT2D eigenvalue weighted by atomic mass is 10.0. The topological polar surface area (TPSA) is 54.4 Å². The number of hydrogen-bond donors (Lipinski definition) is 1. The molecule has 0 aliphatic carbocycles. The van der Waals surface area contributed by atoms with Crippen LogP contribution in [0.15, 0.2) is 48.5 Å². The maximum absolute atomic E-state index is 13.5. The van der Waals surface area contributed by atoms with Crippen LogP contribution in [0.3, 0.4) is 0 Å². The van der Waals surface area contributed by atoms with Crippen LogP contribution in [0.5, 0.6) is 0 Å². The number of rotatable bonds is 4. The molecule has 96 valence electrons. The number of carbonyl (C=O) groups is 2. The lowest BCUT2D eigenvalue weighted by Crippen LogP contribution is -2.05. The van der Waals surface area contributed by atoms with Gasteiger partial charge in [-0.1, -0.05) is 36.4 Å². The fourth-order valence-electron chi connectivity index (χ4n) is 1.75. The zero-order valence-corrected chi connectivity index (χ0v) is 9.97. The van der Waals surface area contributed by atoms with Crippen LogP contribution in [0.1, 0.15) is 21.5 Å². The van der Waals surface area contributed by atoms with Gasteiger partial charge in [0.1, 0.15) is 5.82 Å². The summed E-state index contributed by atoms with van der Waals surface area (Å²) in [7, 11) is 0. The third kappa shape index (κ3) is 3.04. The van der Waals surface area contributed by atoms with Gasteiger partial charge in [0.2, 0.25) is 0 Å². The molecule has 2 aromatic rings. The molecule has 2 rings (SSSR count). The first-order valence-electron chi connectivity index (χ1n) is 5.68. The summed E-state index contributed by atoms with van der Waals surface area (Å²) in [6.07, 6.45) is -0.103. The van der Waals surface area contributed by atoms with E-state index in [1.165, 1.54) is 30.3 Å².